The third-order valence-corrected chi connectivity index (χ3v) is 7.57. The van der Waals surface area contributed by atoms with Crippen molar-refractivity contribution >= 4 is 33.5 Å². The summed E-state index contributed by atoms with van der Waals surface area (Å²) in [6.07, 6.45) is 9.53. The SMILES string of the molecule is CC(C)(C)OC(=O)N1C=C(CCC(=O)NC(c2cccc3ccccc23)c2cccc3ccccc23)C2=C=C1C=CC=C2. The van der Waals surface area contributed by atoms with Gasteiger partial charge in [-0.3, -0.25) is 4.79 Å². The molecule has 0 spiro atoms. The lowest BCUT2D eigenvalue weighted by Gasteiger charge is -2.27. The quantitative estimate of drug-likeness (QED) is 0.238. The summed E-state index contributed by atoms with van der Waals surface area (Å²) in [6, 6.07) is 28.6. The highest BCUT2D eigenvalue weighted by Crippen LogP contribution is 2.34. The van der Waals surface area contributed by atoms with E-state index in [1.54, 1.807) is 6.20 Å². The molecule has 0 atom stereocenters. The van der Waals surface area contributed by atoms with Crippen molar-refractivity contribution in [2.75, 3.05) is 0 Å². The van der Waals surface area contributed by atoms with Crippen LogP contribution in [0.4, 0.5) is 4.79 Å². The first kappa shape index (κ1) is 28.0. The molecule has 6 rings (SSSR count). The molecule has 4 aromatic carbocycles. The number of fused-ring (bicyclic) bond motifs is 2. The van der Waals surface area contributed by atoms with E-state index in [1.807, 2.05) is 81.5 Å². The zero-order valence-corrected chi connectivity index (χ0v) is 24.6. The van der Waals surface area contributed by atoms with Gasteiger partial charge in [0.2, 0.25) is 5.91 Å². The number of hydrogen-bond acceptors (Lipinski definition) is 3. The average molecular weight is 567 g/mol. The zero-order chi connectivity index (χ0) is 30.0. The lowest BCUT2D eigenvalue weighted by molar-refractivity contribution is -0.121. The maximum atomic E-state index is 13.8. The second kappa shape index (κ2) is 11.6. The highest BCUT2D eigenvalue weighted by molar-refractivity contribution is 5.91. The first-order valence-electron chi connectivity index (χ1n) is 14.6. The van der Waals surface area contributed by atoms with Gasteiger partial charge in [-0.1, -0.05) is 103 Å². The van der Waals surface area contributed by atoms with Gasteiger partial charge in [-0.25, -0.2) is 9.69 Å². The summed E-state index contributed by atoms with van der Waals surface area (Å²) in [7, 11) is 0. The summed E-state index contributed by atoms with van der Waals surface area (Å²) in [4.78, 5) is 28.3. The Kier molecular flexibility index (Phi) is 7.58. The number of rotatable bonds is 6. The van der Waals surface area contributed by atoms with Crippen LogP contribution in [-0.4, -0.2) is 22.5 Å². The minimum Gasteiger partial charge on any atom is -0.443 e. The summed E-state index contributed by atoms with van der Waals surface area (Å²) < 4.78 is 5.64. The Morgan fingerprint density at radius 2 is 1.40 bits per heavy atom. The molecule has 4 aromatic rings. The lowest BCUT2D eigenvalue weighted by Crippen LogP contribution is -2.34. The van der Waals surface area contributed by atoms with Gasteiger partial charge in [0.05, 0.1) is 11.7 Å². The van der Waals surface area contributed by atoms with Crippen LogP contribution in [0.5, 0.6) is 0 Å². The van der Waals surface area contributed by atoms with Gasteiger partial charge in [0, 0.05) is 18.2 Å². The second-order valence-electron chi connectivity index (χ2n) is 11.8. The zero-order valence-electron chi connectivity index (χ0n) is 24.6. The fourth-order valence-corrected chi connectivity index (χ4v) is 5.61. The average Bonchev–Trinajstić information content (AvgIpc) is 3.21. The van der Waals surface area contributed by atoms with E-state index in [-0.39, 0.29) is 18.4 Å². The fourth-order valence-electron chi connectivity index (χ4n) is 5.61. The third-order valence-electron chi connectivity index (χ3n) is 7.57. The first-order chi connectivity index (χ1) is 20.8. The first-order valence-corrected chi connectivity index (χ1v) is 14.6. The number of nitrogens with zero attached hydrogens (tertiary/aromatic N) is 1. The Balaban J connectivity index is 1.30. The number of carbonyl (C=O) groups excluding carboxylic acids is 2. The van der Waals surface area contributed by atoms with E-state index in [1.165, 1.54) is 4.90 Å². The molecular formula is C38H34N2O3. The largest absolute Gasteiger partial charge is 0.443 e. The van der Waals surface area contributed by atoms with E-state index < -0.39 is 11.7 Å². The van der Waals surface area contributed by atoms with Crippen molar-refractivity contribution in [3.05, 3.63) is 149 Å². The van der Waals surface area contributed by atoms with Crippen molar-refractivity contribution in [3.8, 4) is 0 Å². The van der Waals surface area contributed by atoms with Crippen LogP contribution in [0.2, 0.25) is 0 Å². The smallest absolute Gasteiger partial charge is 0.419 e. The molecule has 5 heteroatoms. The second-order valence-corrected chi connectivity index (χ2v) is 11.8. The predicted molar refractivity (Wildman–Crippen MR) is 172 cm³/mol. The third kappa shape index (κ3) is 6.08. The number of benzene rings is 4. The number of amides is 2. The molecular weight excluding hydrogens is 532 g/mol. The van der Waals surface area contributed by atoms with Gasteiger partial charge in [-0.05, 0) is 77.6 Å². The Labute approximate surface area is 252 Å². The van der Waals surface area contributed by atoms with Crippen LogP contribution in [-0.2, 0) is 9.53 Å². The van der Waals surface area contributed by atoms with Crippen LogP contribution in [0.25, 0.3) is 21.5 Å². The molecule has 1 N–H and O–H groups in total. The molecule has 214 valence electrons. The molecule has 2 aliphatic rings. The van der Waals surface area contributed by atoms with Gasteiger partial charge in [0.25, 0.3) is 0 Å². The molecule has 2 bridgehead atoms. The minimum atomic E-state index is -0.638. The monoisotopic (exact) mass is 566 g/mol. The molecule has 0 saturated carbocycles. The lowest BCUT2D eigenvalue weighted by atomic mass is 9.90. The van der Waals surface area contributed by atoms with Crippen LogP contribution in [0, 0.1) is 0 Å². The minimum absolute atomic E-state index is 0.0818. The van der Waals surface area contributed by atoms with Crippen LogP contribution >= 0.6 is 0 Å². The molecule has 0 saturated heterocycles. The van der Waals surface area contributed by atoms with Crippen molar-refractivity contribution < 1.29 is 14.3 Å². The number of nitrogens with one attached hydrogen (secondary N) is 1. The highest BCUT2D eigenvalue weighted by Gasteiger charge is 2.27. The summed E-state index contributed by atoms with van der Waals surface area (Å²) in [5, 5.41) is 7.82. The molecule has 1 aliphatic carbocycles. The van der Waals surface area contributed by atoms with Crippen molar-refractivity contribution in [1.82, 2.24) is 10.2 Å². The number of ether oxygens (including phenoxy) is 1. The maximum absolute atomic E-state index is 13.8. The Hall–Kier alpha value is -5.12. The molecule has 5 nitrogen and oxygen atoms in total. The van der Waals surface area contributed by atoms with Gasteiger partial charge in [-0.15, -0.1) is 0 Å². The fraction of sp³-hybridized carbons (Fsp3) is 0.184. The normalized spacial score (nSPS) is 14.3. The van der Waals surface area contributed by atoms with Crippen molar-refractivity contribution in [1.29, 1.82) is 0 Å². The van der Waals surface area contributed by atoms with Crippen LogP contribution in [0.1, 0.15) is 50.8 Å². The van der Waals surface area contributed by atoms with E-state index in [0.29, 0.717) is 12.1 Å². The molecule has 2 amide bonds. The Morgan fingerprint density at radius 3 is 2.02 bits per heavy atom. The maximum Gasteiger partial charge on any atom is 0.419 e. The predicted octanol–water partition coefficient (Wildman–Crippen LogP) is 8.65. The van der Waals surface area contributed by atoms with E-state index in [4.69, 9.17) is 4.74 Å². The molecule has 1 aliphatic heterocycles. The summed E-state index contributed by atoms with van der Waals surface area (Å²) in [6.45, 7) is 5.52. The molecule has 0 aromatic heterocycles. The molecule has 1 heterocycles. The van der Waals surface area contributed by atoms with Crippen LogP contribution in [0.3, 0.4) is 0 Å². The molecule has 0 unspecified atom stereocenters. The van der Waals surface area contributed by atoms with Gasteiger partial charge in [-0.2, -0.15) is 0 Å². The van der Waals surface area contributed by atoms with Crippen molar-refractivity contribution in [2.24, 2.45) is 0 Å². The van der Waals surface area contributed by atoms with E-state index in [2.05, 4.69) is 59.6 Å². The van der Waals surface area contributed by atoms with Gasteiger partial charge in [0.15, 0.2) is 0 Å². The Bertz CT molecular complexity index is 1810. The summed E-state index contributed by atoms with van der Waals surface area (Å²) in [5.74, 6) is -0.0818. The van der Waals surface area contributed by atoms with Gasteiger partial charge in [0.1, 0.15) is 5.60 Å². The van der Waals surface area contributed by atoms with Gasteiger partial charge < -0.3 is 10.1 Å². The van der Waals surface area contributed by atoms with Crippen molar-refractivity contribution in [2.45, 2.75) is 45.3 Å². The summed E-state index contributed by atoms with van der Waals surface area (Å²) in [5.41, 5.74) is 7.08. The number of hydrogen-bond donors (Lipinski definition) is 1. The Morgan fingerprint density at radius 1 is 0.814 bits per heavy atom. The number of allylic oxidation sites excluding steroid dienone is 5. The molecule has 0 radical (unpaired) electrons. The van der Waals surface area contributed by atoms with Crippen molar-refractivity contribution in [3.63, 3.8) is 0 Å². The highest BCUT2D eigenvalue weighted by atomic mass is 16.6. The number of carbonyl (C=O) groups is 2. The van der Waals surface area contributed by atoms with Crippen LogP contribution in [0.15, 0.2) is 138 Å². The summed E-state index contributed by atoms with van der Waals surface area (Å²) >= 11 is 0. The molecule has 43 heavy (non-hydrogen) atoms. The van der Waals surface area contributed by atoms with E-state index >= 15 is 0 Å². The molecule has 0 fully saturated rings. The topological polar surface area (TPSA) is 58.6 Å². The van der Waals surface area contributed by atoms with Crippen LogP contribution < -0.4 is 5.32 Å². The van der Waals surface area contributed by atoms with E-state index in [0.717, 1.165) is 43.8 Å². The standard InChI is InChI=1S/C38H34N2O3/c1-38(2,3)43-37(42)40-25-29(28-14-4-7-17-30(40)24-28)22-23-35(41)39-36(33-20-10-15-26-12-5-8-18-31(26)33)34-21-11-16-27-13-6-9-19-32(27)34/h4-21,25,36H,22-23H2,1-3H3,(H,39,41). The van der Waals surface area contributed by atoms with Gasteiger partial charge >= 0.3 is 6.09 Å². The van der Waals surface area contributed by atoms with E-state index in [9.17, 15) is 9.59 Å².